The summed E-state index contributed by atoms with van der Waals surface area (Å²) in [5.74, 6) is 0.177. The minimum Gasteiger partial charge on any atom is -0.508 e. The Morgan fingerprint density at radius 1 is 1.11 bits per heavy atom. The minimum absolute atomic E-state index is 0.0435. The molecule has 5 heteroatoms. The second-order valence-corrected chi connectivity index (χ2v) is 6.54. The lowest BCUT2D eigenvalue weighted by Gasteiger charge is -2.15. The van der Waals surface area contributed by atoms with Crippen molar-refractivity contribution in [3.05, 3.63) is 71.8 Å². The number of benzene rings is 3. The Labute approximate surface area is 163 Å². The Hall–Kier alpha value is -3.78. The number of nitrogens with zero attached hydrogens (tertiary/aromatic N) is 1. The number of nitrogens with one attached hydrogen (secondary N) is 1. The van der Waals surface area contributed by atoms with Gasteiger partial charge in [-0.25, -0.2) is 0 Å². The summed E-state index contributed by atoms with van der Waals surface area (Å²) < 4.78 is 5.90. The van der Waals surface area contributed by atoms with E-state index in [-0.39, 0.29) is 17.4 Å². The van der Waals surface area contributed by atoms with Crippen molar-refractivity contribution in [1.29, 1.82) is 5.26 Å². The van der Waals surface area contributed by atoms with Crippen molar-refractivity contribution in [1.82, 2.24) is 0 Å². The molecule has 0 unspecified atom stereocenters. The fraction of sp³-hybridized carbons (Fsp3) is 0.130. The predicted octanol–water partition coefficient (Wildman–Crippen LogP) is 4.88. The third kappa shape index (κ3) is 4.30. The summed E-state index contributed by atoms with van der Waals surface area (Å²) in [6, 6.07) is 19.6. The van der Waals surface area contributed by atoms with Crippen LogP contribution in [0.2, 0.25) is 0 Å². The molecule has 0 heterocycles. The van der Waals surface area contributed by atoms with E-state index in [2.05, 4.69) is 5.32 Å². The number of carbonyl (C=O) groups is 1. The third-order valence-electron chi connectivity index (χ3n) is 4.07. The van der Waals surface area contributed by atoms with Crippen molar-refractivity contribution in [2.45, 2.75) is 20.0 Å². The van der Waals surface area contributed by atoms with Gasteiger partial charge in [0.15, 0.2) is 0 Å². The zero-order chi connectivity index (χ0) is 20.1. The van der Waals surface area contributed by atoms with Gasteiger partial charge in [0.25, 0.3) is 5.91 Å². The fourth-order valence-corrected chi connectivity index (χ4v) is 2.82. The lowest BCUT2D eigenvalue weighted by molar-refractivity contribution is -0.112. The second-order valence-electron chi connectivity index (χ2n) is 6.54. The van der Waals surface area contributed by atoms with Crippen LogP contribution in [0.4, 0.5) is 5.69 Å². The molecule has 2 N–H and O–H groups in total. The molecule has 0 spiro atoms. The maximum Gasteiger partial charge on any atom is 0.266 e. The summed E-state index contributed by atoms with van der Waals surface area (Å²) >= 11 is 0. The van der Waals surface area contributed by atoms with Crippen molar-refractivity contribution in [3.63, 3.8) is 0 Å². The molecule has 0 saturated carbocycles. The summed E-state index contributed by atoms with van der Waals surface area (Å²) in [7, 11) is 0. The lowest BCUT2D eigenvalue weighted by atomic mass is 10.0. The van der Waals surface area contributed by atoms with Crippen LogP contribution in [0.25, 0.3) is 16.8 Å². The average Bonchev–Trinajstić information content (AvgIpc) is 2.68. The van der Waals surface area contributed by atoms with Gasteiger partial charge >= 0.3 is 0 Å². The molecule has 0 fully saturated rings. The molecule has 3 aromatic rings. The fourth-order valence-electron chi connectivity index (χ4n) is 2.82. The topological polar surface area (TPSA) is 82.3 Å². The highest BCUT2D eigenvalue weighted by Crippen LogP contribution is 2.31. The summed E-state index contributed by atoms with van der Waals surface area (Å²) in [5, 5.41) is 23.5. The third-order valence-corrected chi connectivity index (χ3v) is 4.07. The number of anilines is 1. The van der Waals surface area contributed by atoms with Crippen LogP contribution in [0, 0.1) is 11.3 Å². The van der Waals surface area contributed by atoms with E-state index in [9.17, 15) is 15.2 Å². The molecule has 0 atom stereocenters. The maximum atomic E-state index is 12.6. The molecule has 28 heavy (non-hydrogen) atoms. The first kappa shape index (κ1) is 19.0. The molecule has 140 valence electrons. The van der Waals surface area contributed by atoms with E-state index in [1.165, 1.54) is 12.1 Å². The number of hydrogen-bond donors (Lipinski definition) is 2. The zero-order valence-corrected chi connectivity index (χ0v) is 15.6. The first-order valence-corrected chi connectivity index (χ1v) is 8.88. The van der Waals surface area contributed by atoms with Crippen LogP contribution in [0.3, 0.4) is 0 Å². The standard InChI is InChI=1S/C23H20N2O3/c1-15(2)28-22-12-7-16-5-3-4-6-20(16)21(22)13-17(14-24)23(27)25-18-8-10-19(26)11-9-18/h3-13,15,26H,1-2H3,(H,25,27)/b17-13+. The van der Waals surface area contributed by atoms with E-state index in [0.717, 1.165) is 10.8 Å². The molecule has 0 aromatic heterocycles. The van der Waals surface area contributed by atoms with Crippen molar-refractivity contribution < 1.29 is 14.6 Å². The van der Waals surface area contributed by atoms with Gasteiger partial charge < -0.3 is 15.2 Å². The number of rotatable bonds is 5. The van der Waals surface area contributed by atoms with Crippen molar-refractivity contribution >= 4 is 28.4 Å². The van der Waals surface area contributed by atoms with Gasteiger partial charge in [-0.05, 0) is 61.0 Å². The van der Waals surface area contributed by atoms with Gasteiger partial charge in [-0.15, -0.1) is 0 Å². The monoisotopic (exact) mass is 372 g/mol. The van der Waals surface area contributed by atoms with E-state index >= 15 is 0 Å². The number of ether oxygens (including phenoxy) is 1. The van der Waals surface area contributed by atoms with Gasteiger partial charge in [0.1, 0.15) is 23.1 Å². The Kier molecular flexibility index (Phi) is 5.61. The Morgan fingerprint density at radius 3 is 2.50 bits per heavy atom. The molecule has 0 bridgehead atoms. The molecular weight excluding hydrogens is 352 g/mol. The Balaban J connectivity index is 2.03. The van der Waals surface area contributed by atoms with Crippen molar-refractivity contribution in [2.75, 3.05) is 5.32 Å². The highest BCUT2D eigenvalue weighted by molar-refractivity contribution is 6.11. The predicted molar refractivity (Wildman–Crippen MR) is 110 cm³/mol. The van der Waals surface area contributed by atoms with Gasteiger partial charge in [-0.1, -0.05) is 30.3 Å². The SMILES string of the molecule is CC(C)Oc1ccc2ccccc2c1/C=C(\C#N)C(=O)Nc1ccc(O)cc1. The quantitative estimate of drug-likeness (QED) is 0.380. The number of nitriles is 1. The van der Waals surface area contributed by atoms with Crippen LogP contribution in [0.5, 0.6) is 11.5 Å². The molecular formula is C23H20N2O3. The number of phenols is 1. The zero-order valence-electron chi connectivity index (χ0n) is 15.6. The highest BCUT2D eigenvalue weighted by atomic mass is 16.5. The van der Waals surface area contributed by atoms with Crippen LogP contribution in [0.1, 0.15) is 19.4 Å². The molecule has 0 radical (unpaired) electrons. The maximum absolute atomic E-state index is 12.6. The van der Waals surface area contributed by atoms with Gasteiger partial charge in [0.2, 0.25) is 0 Å². The molecule has 5 nitrogen and oxygen atoms in total. The largest absolute Gasteiger partial charge is 0.508 e. The summed E-state index contributed by atoms with van der Waals surface area (Å²) in [5.41, 5.74) is 1.13. The first-order chi connectivity index (χ1) is 13.5. The van der Waals surface area contributed by atoms with E-state index in [1.54, 1.807) is 18.2 Å². The molecule has 0 saturated heterocycles. The van der Waals surface area contributed by atoms with E-state index < -0.39 is 5.91 Å². The minimum atomic E-state index is -0.531. The second kappa shape index (κ2) is 8.28. The summed E-state index contributed by atoms with van der Waals surface area (Å²) in [6.45, 7) is 3.84. The number of phenolic OH excluding ortho intramolecular Hbond substituents is 1. The molecule has 3 rings (SSSR count). The summed E-state index contributed by atoms with van der Waals surface area (Å²) in [4.78, 5) is 12.6. The van der Waals surface area contributed by atoms with E-state index in [1.807, 2.05) is 56.3 Å². The molecule has 3 aromatic carbocycles. The lowest BCUT2D eigenvalue weighted by Crippen LogP contribution is -2.13. The van der Waals surface area contributed by atoms with Crippen LogP contribution in [-0.4, -0.2) is 17.1 Å². The molecule has 0 aliphatic rings. The van der Waals surface area contributed by atoms with Gasteiger partial charge in [0, 0.05) is 11.3 Å². The number of amides is 1. The van der Waals surface area contributed by atoms with Crippen LogP contribution in [0.15, 0.2) is 66.2 Å². The highest BCUT2D eigenvalue weighted by Gasteiger charge is 2.14. The van der Waals surface area contributed by atoms with Crippen molar-refractivity contribution in [3.8, 4) is 17.6 Å². The molecule has 0 aliphatic carbocycles. The Morgan fingerprint density at radius 2 is 1.82 bits per heavy atom. The van der Waals surface area contributed by atoms with Gasteiger partial charge in [0.05, 0.1) is 6.10 Å². The number of carbonyl (C=O) groups excluding carboxylic acids is 1. The number of hydrogen-bond acceptors (Lipinski definition) is 4. The molecule has 1 amide bonds. The van der Waals surface area contributed by atoms with Gasteiger partial charge in [-0.2, -0.15) is 5.26 Å². The first-order valence-electron chi connectivity index (χ1n) is 8.88. The van der Waals surface area contributed by atoms with Crippen LogP contribution >= 0.6 is 0 Å². The van der Waals surface area contributed by atoms with Crippen molar-refractivity contribution in [2.24, 2.45) is 0 Å². The summed E-state index contributed by atoms with van der Waals surface area (Å²) in [6.07, 6.45) is 1.50. The van der Waals surface area contributed by atoms with Crippen LogP contribution in [-0.2, 0) is 4.79 Å². The van der Waals surface area contributed by atoms with E-state index in [0.29, 0.717) is 17.0 Å². The van der Waals surface area contributed by atoms with E-state index in [4.69, 9.17) is 4.74 Å². The van der Waals surface area contributed by atoms with Gasteiger partial charge in [-0.3, -0.25) is 4.79 Å². The molecule has 0 aliphatic heterocycles. The Bertz CT molecular complexity index is 1080. The number of fused-ring (bicyclic) bond motifs is 1. The van der Waals surface area contributed by atoms with Crippen LogP contribution < -0.4 is 10.1 Å². The number of aromatic hydroxyl groups is 1. The smallest absolute Gasteiger partial charge is 0.266 e. The normalized spacial score (nSPS) is 11.3. The average molecular weight is 372 g/mol.